The average Bonchev–Trinajstić information content (AvgIpc) is 2.96. The molecule has 0 radical (unpaired) electrons. The molecule has 3 atom stereocenters. The zero-order chi connectivity index (χ0) is 15.3. The summed E-state index contributed by atoms with van der Waals surface area (Å²) < 4.78 is 15.2. The zero-order valence-corrected chi connectivity index (χ0v) is 14.0. The normalized spacial score (nSPS) is 25.5. The Morgan fingerprint density at radius 2 is 2.09 bits per heavy atom. The van der Waals surface area contributed by atoms with Crippen LogP contribution in [0.1, 0.15) is 29.5 Å². The predicted octanol–water partition coefficient (Wildman–Crippen LogP) is 6.07. The second-order valence-electron chi connectivity index (χ2n) is 5.88. The van der Waals surface area contributed by atoms with Crippen LogP contribution in [-0.4, -0.2) is 0 Å². The highest BCUT2D eigenvalue weighted by molar-refractivity contribution is 9.10. The van der Waals surface area contributed by atoms with E-state index in [9.17, 15) is 4.39 Å². The third-order valence-electron chi connectivity index (χ3n) is 4.59. The standard InChI is InChI=1S/C18H14BrClFN/c19-11-8-15-13-5-2-6-14(13)17(22-18(15)16(21)9-11)10-3-1-4-12(20)7-10/h1-5,7-9,13-14,17,22H,6H2/t13-,14+,17-/m1/s1. The Morgan fingerprint density at radius 1 is 1.23 bits per heavy atom. The fraction of sp³-hybridized carbons (Fsp3) is 0.222. The Bertz CT molecular complexity index is 774. The van der Waals surface area contributed by atoms with Crippen molar-refractivity contribution >= 4 is 33.2 Å². The molecule has 1 aliphatic carbocycles. The van der Waals surface area contributed by atoms with E-state index < -0.39 is 0 Å². The summed E-state index contributed by atoms with van der Waals surface area (Å²) in [6, 6.07) is 11.4. The van der Waals surface area contributed by atoms with Gasteiger partial charge in [0.25, 0.3) is 0 Å². The molecular weight excluding hydrogens is 365 g/mol. The topological polar surface area (TPSA) is 12.0 Å². The van der Waals surface area contributed by atoms with Gasteiger partial charge in [-0.2, -0.15) is 0 Å². The second kappa shape index (κ2) is 5.39. The molecule has 2 aromatic carbocycles. The van der Waals surface area contributed by atoms with Gasteiger partial charge in [-0.05, 0) is 47.7 Å². The third-order valence-corrected chi connectivity index (χ3v) is 5.29. The van der Waals surface area contributed by atoms with Gasteiger partial charge < -0.3 is 5.32 Å². The summed E-state index contributed by atoms with van der Waals surface area (Å²) in [6.07, 6.45) is 5.39. The van der Waals surface area contributed by atoms with Gasteiger partial charge in [0.1, 0.15) is 5.82 Å². The fourth-order valence-electron chi connectivity index (χ4n) is 3.65. The van der Waals surface area contributed by atoms with Crippen LogP contribution in [0.5, 0.6) is 0 Å². The number of nitrogens with one attached hydrogen (secondary N) is 1. The number of hydrogen-bond acceptors (Lipinski definition) is 1. The summed E-state index contributed by atoms with van der Waals surface area (Å²) in [4.78, 5) is 0. The maximum atomic E-state index is 14.4. The summed E-state index contributed by atoms with van der Waals surface area (Å²) in [6.45, 7) is 0. The number of hydrogen-bond donors (Lipinski definition) is 1. The predicted molar refractivity (Wildman–Crippen MR) is 91.9 cm³/mol. The molecule has 0 unspecified atom stereocenters. The second-order valence-corrected chi connectivity index (χ2v) is 7.23. The van der Waals surface area contributed by atoms with Crippen molar-refractivity contribution < 1.29 is 4.39 Å². The maximum absolute atomic E-state index is 14.4. The van der Waals surface area contributed by atoms with Gasteiger partial charge >= 0.3 is 0 Å². The number of benzene rings is 2. The van der Waals surface area contributed by atoms with E-state index in [0.717, 1.165) is 22.0 Å². The van der Waals surface area contributed by atoms with Gasteiger partial charge in [-0.15, -0.1) is 0 Å². The van der Waals surface area contributed by atoms with E-state index in [1.807, 2.05) is 24.3 Å². The van der Waals surface area contributed by atoms with Crippen molar-refractivity contribution in [1.29, 1.82) is 0 Å². The van der Waals surface area contributed by atoms with Crippen LogP contribution >= 0.6 is 27.5 Å². The van der Waals surface area contributed by atoms with Crippen LogP contribution in [0.4, 0.5) is 10.1 Å². The lowest BCUT2D eigenvalue weighted by atomic mass is 9.77. The summed E-state index contributed by atoms with van der Waals surface area (Å²) in [5, 5.41) is 4.12. The van der Waals surface area contributed by atoms with Crippen molar-refractivity contribution in [3.63, 3.8) is 0 Å². The molecule has 1 N–H and O–H groups in total. The minimum Gasteiger partial charge on any atom is -0.375 e. The monoisotopic (exact) mass is 377 g/mol. The number of rotatable bonds is 1. The van der Waals surface area contributed by atoms with Crippen molar-refractivity contribution in [2.75, 3.05) is 5.32 Å². The molecule has 22 heavy (non-hydrogen) atoms. The molecule has 1 aliphatic heterocycles. The van der Waals surface area contributed by atoms with Gasteiger partial charge in [0.15, 0.2) is 0 Å². The van der Waals surface area contributed by atoms with Crippen LogP contribution < -0.4 is 5.32 Å². The van der Waals surface area contributed by atoms with Crippen LogP contribution in [0.3, 0.4) is 0 Å². The van der Waals surface area contributed by atoms with Gasteiger partial charge in [-0.25, -0.2) is 4.39 Å². The van der Waals surface area contributed by atoms with Gasteiger partial charge in [-0.3, -0.25) is 0 Å². The van der Waals surface area contributed by atoms with E-state index >= 15 is 0 Å². The summed E-state index contributed by atoms with van der Waals surface area (Å²) in [5.41, 5.74) is 2.75. The van der Waals surface area contributed by atoms with E-state index in [0.29, 0.717) is 16.6 Å². The molecular formula is C18H14BrClFN. The Balaban J connectivity index is 1.84. The van der Waals surface area contributed by atoms with Gasteiger partial charge in [0.05, 0.1) is 11.7 Å². The molecule has 0 saturated heterocycles. The first-order valence-electron chi connectivity index (χ1n) is 7.31. The molecule has 0 bridgehead atoms. The van der Waals surface area contributed by atoms with Gasteiger partial charge in [-0.1, -0.05) is 51.8 Å². The molecule has 112 valence electrons. The Morgan fingerprint density at radius 3 is 2.91 bits per heavy atom. The average molecular weight is 379 g/mol. The highest BCUT2D eigenvalue weighted by atomic mass is 79.9. The maximum Gasteiger partial charge on any atom is 0.147 e. The zero-order valence-electron chi connectivity index (χ0n) is 11.7. The van der Waals surface area contributed by atoms with Crippen LogP contribution in [-0.2, 0) is 0 Å². The third kappa shape index (κ3) is 2.27. The minimum atomic E-state index is -0.213. The van der Waals surface area contributed by atoms with Crippen molar-refractivity contribution in [2.24, 2.45) is 5.92 Å². The summed E-state index contributed by atoms with van der Waals surface area (Å²) in [5.74, 6) is 0.419. The lowest BCUT2D eigenvalue weighted by Crippen LogP contribution is -2.29. The molecule has 0 amide bonds. The molecule has 4 heteroatoms. The Hall–Kier alpha value is -1.32. The lowest BCUT2D eigenvalue weighted by Gasteiger charge is -2.37. The van der Waals surface area contributed by atoms with E-state index in [1.165, 1.54) is 6.07 Å². The van der Waals surface area contributed by atoms with Crippen molar-refractivity contribution in [3.8, 4) is 0 Å². The molecule has 2 aromatic rings. The number of anilines is 1. The van der Waals surface area contributed by atoms with E-state index in [4.69, 9.17) is 11.6 Å². The number of allylic oxidation sites excluding steroid dienone is 2. The first-order chi connectivity index (χ1) is 10.6. The van der Waals surface area contributed by atoms with Crippen LogP contribution in [0, 0.1) is 11.7 Å². The van der Waals surface area contributed by atoms with Crippen molar-refractivity contribution in [2.45, 2.75) is 18.4 Å². The van der Waals surface area contributed by atoms with Crippen LogP contribution in [0.2, 0.25) is 5.02 Å². The molecule has 1 heterocycles. The smallest absolute Gasteiger partial charge is 0.147 e. The summed E-state index contributed by atoms with van der Waals surface area (Å²) >= 11 is 9.53. The number of halogens is 3. The summed E-state index contributed by atoms with van der Waals surface area (Å²) in [7, 11) is 0. The largest absolute Gasteiger partial charge is 0.375 e. The Kier molecular flexibility index (Phi) is 3.50. The van der Waals surface area contributed by atoms with E-state index in [2.05, 4.69) is 39.5 Å². The minimum absolute atomic E-state index is 0.0712. The van der Waals surface area contributed by atoms with Gasteiger partial charge in [0, 0.05) is 15.4 Å². The highest BCUT2D eigenvalue weighted by Crippen LogP contribution is 2.51. The van der Waals surface area contributed by atoms with Crippen molar-refractivity contribution in [1.82, 2.24) is 0 Å². The van der Waals surface area contributed by atoms with Crippen LogP contribution in [0.25, 0.3) is 0 Å². The van der Waals surface area contributed by atoms with Crippen LogP contribution in [0.15, 0.2) is 53.0 Å². The fourth-order valence-corrected chi connectivity index (χ4v) is 4.30. The highest BCUT2D eigenvalue weighted by Gasteiger charge is 2.39. The SMILES string of the molecule is Fc1cc(Br)cc2c1N[C@H](c1cccc(Cl)c1)[C@H]1CC=C[C@@H]21. The van der Waals surface area contributed by atoms with E-state index in [-0.39, 0.29) is 17.8 Å². The first-order valence-corrected chi connectivity index (χ1v) is 8.48. The lowest BCUT2D eigenvalue weighted by molar-refractivity contribution is 0.420. The Labute approximate surface area is 142 Å². The molecule has 1 nitrogen and oxygen atoms in total. The molecule has 0 saturated carbocycles. The molecule has 0 aromatic heterocycles. The first kappa shape index (κ1) is 14.3. The molecule has 4 rings (SSSR count). The van der Waals surface area contributed by atoms with Crippen molar-refractivity contribution in [3.05, 3.63) is 75.0 Å². The molecule has 2 aliphatic rings. The molecule has 0 fully saturated rings. The molecule has 0 spiro atoms. The number of fused-ring (bicyclic) bond motifs is 3. The van der Waals surface area contributed by atoms with Gasteiger partial charge in [0.2, 0.25) is 0 Å². The van der Waals surface area contributed by atoms with E-state index in [1.54, 1.807) is 0 Å². The quantitative estimate of drug-likeness (QED) is 0.594.